The Bertz CT molecular complexity index is 485. The van der Waals surface area contributed by atoms with Gasteiger partial charge in [-0.25, -0.2) is 13.8 Å². The second-order valence-corrected chi connectivity index (χ2v) is 4.76. The second kappa shape index (κ2) is 6.02. The van der Waals surface area contributed by atoms with Crippen molar-refractivity contribution in [2.24, 2.45) is 0 Å². The summed E-state index contributed by atoms with van der Waals surface area (Å²) in [6.45, 7) is 2.74. The van der Waals surface area contributed by atoms with E-state index < -0.39 is 6.43 Å². The Labute approximate surface area is 109 Å². The molecule has 0 fully saturated rings. The molecule has 0 aliphatic carbocycles. The van der Waals surface area contributed by atoms with Crippen molar-refractivity contribution in [1.29, 1.82) is 0 Å². The number of hydrogen-bond donors (Lipinski definition) is 1. The van der Waals surface area contributed by atoms with Crippen LogP contribution >= 0.6 is 11.3 Å². The molecule has 0 bridgehead atoms. The second-order valence-electron chi connectivity index (χ2n) is 3.83. The fourth-order valence-corrected chi connectivity index (χ4v) is 2.54. The first-order valence-corrected chi connectivity index (χ1v) is 6.61. The van der Waals surface area contributed by atoms with E-state index in [4.69, 9.17) is 0 Å². The Morgan fingerprint density at radius 3 is 2.72 bits per heavy atom. The van der Waals surface area contributed by atoms with E-state index >= 15 is 0 Å². The lowest BCUT2D eigenvalue weighted by Gasteiger charge is -2.16. The number of thiazole rings is 1. The smallest absolute Gasteiger partial charge is 0.263 e. The lowest BCUT2D eigenvalue weighted by atomic mass is 10.0. The first-order chi connectivity index (χ1) is 8.72. The highest BCUT2D eigenvalue weighted by Gasteiger charge is 2.17. The molecule has 5 heteroatoms. The Morgan fingerprint density at radius 1 is 1.33 bits per heavy atom. The first-order valence-electron chi connectivity index (χ1n) is 5.73. The molecule has 1 unspecified atom stereocenters. The van der Waals surface area contributed by atoms with Gasteiger partial charge in [0.15, 0.2) is 0 Å². The molecule has 0 aliphatic rings. The predicted molar refractivity (Wildman–Crippen MR) is 69.0 cm³/mol. The maximum absolute atomic E-state index is 12.7. The summed E-state index contributed by atoms with van der Waals surface area (Å²) in [7, 11) is 0. The lowest BCUT2D eigenvalue weighted by Crippen LogP contribution is -2.21. The van der Waals surface area contributed by atoms with Gasteiger partial charge >= 0.3 is 0 Å². The first kappa shape index (κ1) is 13.1. The number of aromatic nitrogens is 1. The Kier molecular flexibility index (Phi) is 4.38. The summed E-state index contributed by atoms with van der Waals surface area (Å²) >= 11 is 1.52. The molecular weight excluding hydrogens is 254 g/mol. The average Bonchev–Trinajstić information content (AvgIpc) is 2.89. The van der Waals surface area contributed by atoms with Crippen LogP contribution in [0, 0.1) is 0 Å². The molecule has 18 heavy (non-hydrogen) atoms. The Hall–Kier alpha value is -1.33. The Balaban J connectivity index is 2.34. The van der Waals surface area contributed by atoms with Gasteiger partial charge in [-0.1, -0.05) is 25.1 Å². The molecule has 1 aromatic carbocycles. The predicted octanol–water partition coefficient (Wildman–Crippen LogP) is 3.78. The van der Waals surface area contributed by atoms with Crippen molar-refractivity contribution in [2.75, 3.05) is 6.54 Å². The summed E-state index contributed by atoms with van der Waals surface area (Å²) in [4.78, 5) is 4.25. The van der Waals surface area contributed by atoms with Gasteiger partial charge in [0.05, 0.1) is 6.04 Å². The number of halogens is 2. The fraction of sp³-hybridized carbons (Fsp3) is 0.308. The number of hydrogen-bond acceptors (Lipinski definition) is 3. The summed E-state index contributed by atoms with van der Waals surface area (Å²) in [5.41, 5.74) is 0.872. The molecule has 0 saturated carbocycles. The topological polar surface area (TPSA) is 24.9 Å². The van der Waals surface area contributed by atoms with Gasteiger partial charge in [0.2, 0.25) is 0 Å². The standard InChI is InChI=1S/C13H14F2N2S/c1-2-16-11(13-17-6-7-18-13)9-4-3-5-10(8-9)12(14)15/h3-8,11-12,16H,2H2,1H3. The molecule has 2 rings (SSSR count). The summed E-state index contributed by atoms with van der Waals surface area (Å²) in [5, 5.41) is 6.05. The van der Waals surface area contributed by atoms with E-state index in [0.717, 1.165) is 17.1 Å². The van der Waals surface area contributed by atoms with Crippen molar-refractivity contribution in [3.8, 4) is 0 Å². The van der Waals surface area contributed by atoms with E-state index in [1.165, 1.54) is 17.4 Å². The molecule has 0 spiro atoms. The van der Waals surface area contributed by atoms with Gasteiger partial charge in [-0.2, -0.15) is 0 Å². The highest BCUT2D eigenvalue weighted by atomic mass is 32.1. The Morgan fingerprint density at radius 2 is 2.11 bits per heavy atom. The van der Waals surface area contributed by atoms with Gasteiger partial charge in [0.25, 0.3) is 6.43 Å². The van der Waals surface area contributed by atoms with E-state index in [1.807, 2.05) is 18.4 Å². The van der Waals surface area contributed by atoms with E-state index in [1.54, 1.807) is 18.3 Å². The zero-order valence-electron chi connectivity index (χ0n) is 9.94. The summed E-state index contributed by atoms with van der Waals surface area (Å²) < 4.78 is 25.4. The number of benzene rings is 1. The van der Waals surface area contributed by atoms with Gasteiger partial charge in [-0.05, 0) is 18.2 Å². The van der Waals surface area contributed by atoms with Crippen molar-refractivity contribution in [1.82, 2.24) is 10.3 Å². The average molecular weight is 268 g/mol. The molecule has 0 aliphatic heterocycles. The summed E-state index contributed by atoms with van der Waals surface area (Å²) in [5.74, 6) is 0. The highest BCUT2D eigenvalue weighted by Crippen LogP contribution is 2.27. The van der Waals surface area contributed by atoms with Crippen molar-refractivity contribution in [3.63, 3.8) is 0 Å². The third kappa shape index (κ3) is 2.91. The van der Waals surface area contributed by atoms with Gasteiger partial charge in [0.1, 0.15) is 5.01 Å². The van der Waals surface area contributed by atoms with Gasteiger partial charge in [-0.3, -0.25) is 0 Å². The highest BCUT2D eigenvalue weighted by molar-refractivity contribution is 7.09. The maximum atomic E-state index is 12.7. The normalized spacial score (nSPS) is 12.9. The maximum Gasteiger partial charge on any atom is 0.263 e. The van der Waals surface area contributed by atoms with Crippen molar-refractivity contribution in [2.45, 2.75) is 19.4 Å². The van der Waals surface area contributed by atoms with Crippen LogP contribution in [-0.2, 0) is 0 Å². The molecule has 0 saturated heterocycles. The van der Waals surface area contributed by atoms with E-state index in [2.05, 4.69) is 10.3 Å². The van der Waals surface area contributed by atoms with E-state index in [9.17, 15) is 8.78 Å². The van der Waals surface area contributed by atoms with Crippen molar-refractivity contribution < 1.29 is 8.78 Å². The van der Waals surface area contributed by atoms with E-state index in [0.29, 0.717) is 0 Å². The van der Waals surface area contributed by atoms with Crippen LogP contribution in [0.5, 0.6) is 0 Å². The quantitative estimate of drug-likeness (QED) is 0.892. The molecule has 1 aromatic heterocycles. The molecule has 0 radical (unpaired) electrons. The zero-order chi connectivity index (χ0) is 13.0. The number of nitrogens with one attached hydrogen (secondary N) is 1. The third-order valence-electron chi connectivity index (χ3n) is 2.60. The van der Waals surface area contributed by atoms with Crippen LogP contribution in [0.1, 0.15) is 35.5 Å². The minimum Gasteiger partial charge on any atom is -0.305 e. The van der Waals surface area contributed by atoms with E-state index in [-0.39, 0.29) is 11.6 Å². The largest absolute Gasteiger partial charge is 0.305 e. The number of nitrogens with zero attached hydrogens (tertiary/aromatic N) is 1. The third-order valence-corrected chi connectivity index (χ3v) is 3.44. The molecule has 2 aromatic rings. The van der Waals surface area contributed by atoms with Crippen LogP contribution in [0.15, 0.2) is 35.8 Å². The molecule has 0 amide bonds. The molecule has 96 valence electrons. The summed E-state index contributed by atoms with van der Waals surface area (Å²) in [6, 6.07) is 6.38. The molecule has 2 nitrogen and oxygen atoms in total. The molecule has 1 heterocycles. The van der Waals surface area contributed by atoms with Crippen LogP contribution in [0.25, 0.3) is 0 Å². The molecule has 1 N–H and O–H groups in total. The van der Waals surface area contributed by atoms with Crippen LogP contribution in [0.3, 0.4) is 0 Å². The van der Waals surface area contributed by atoms with Crippen LogP contribution in [-0.4, -0.2) is 11.5 Å². The van der Waals surface area contributed by atoms with Crippen molar-refractivity contribution >= 4 is 11.3 Å². The molecule has 1 atom stereocenters. The van der Waals surface area contributed by atoms with Crippen LogP contribution in [0.2, 0.25) is 0 Å². The van der Waals surface area contributed by atoms with Crippen LogP contribution in [0.4, 0.5) is 8.78 Å². The lowest BCUT2D eigenvalue weighted by molar-refractivity contribution is 0.151. The van der Waals surface area contributed by atoms with Gasteiger partial charge < -0.3 is 5.32 Å². The number of alkyl halides is 2. The monoisotopic (exact) mass is 268 g/mol. The summed E-state index contributed by atoms with van der Waals surface area (Å²) in [6.07, 6.45) is -0.718. The van der Waals surface area contributed by atoms with Crippen LogP contribution < -0.4 is 5.32 Å². The fourth-order valence-electron chi connectivity index (χ4n) is 1.80. The van der Waals surface area contributed by atoms with Gasteiger partial charge in [0, 0.05) is 17.1 Å². The zero-order valence-corrected chi connectivity index (χ0v) is 10.8. The molecular formula is C13H14F2N2S. The minimum absolute atomic E-state index is 0.0481. The SMILES string of the molecule is CCNC(c1cccc(C(F)F)c1)c1nccs1. The number of rotatable bonds is 5. The van der Waals surface area contributed by atoms with Gasteiger partial charge in [-0.15, -0.1) is 11.3 Å². The van der Waals surface area contributed by atoms with Crippen molar-refractivity contribution in [3.05, 3.63) is 52.0 Å². The minimum atomic E-state index is -2.44.